The Morgan fingerprint density at radius 3 is 2.44 bits per heavy atom. The number of nitrogens with one attached hydrogen (secondary N) is 1. The summed E-state index contributed by atoms with van der Waals surface area (Å²) in [5, 5.41) is 2.79. The number of rotatable bonds is 7. The molecule has 0 saturated carbocycles. The minimum absolute atomic E-state index is 0.132. The molecule has 0 bridgehead atoms. The van der Waals surface area contributed by atoms with Crippen molar-refractivity contribution in [3.05, 3.63) is 37.4 Å². The smallest absolute Gasteiger partial charge is 0.348 e. The molecule has 0 unspecified atom stereocenters. The molecule has 1 N–H and O–H groups in total. The van der Waals surface area contributed by atoms with Gasteiger partial charge in [-0.2, -0.15) is 0 Å². The second-order valence-electron chi connectivity index (χ2n) is 7.57. The Kier molecular flexibility index (Phi) is 7.68. The number of carbonyl (C=O) groups excluding carboxylic acids is 4. The van der Waals surface area contributed by atoms with Crippen LogP contribution in [0.15, 0.2) is 6.07 Å². The van der Waals surface area contributed by atoms with Crippen molar-refractivity contribution in [1.82, 2.24) is 4.90 Å². The zero-order valence-electron chi connectivity index (χ0n) is 18.5. The highest BCUT2D eigenvalue weighted by molar-refractivity contribution is 7.18. The van der Waals surface area contributed by atoms with Crippen LogP contribution >= 0.6 is 22.7 Å². The molecule has 0 radical (unpaired) electrons. The van der Waals surface area contributed by atoms with Crippen LogP contribution in [0.3, 0.4) is 0 Å². The Labute approximate surface area is 194 Å². The highest BCUT2D eigenvalue weighted by Gasteiger charge is 2.27. The predicted octanol–water partition coefficient (Wildman–Crippen LogP) is 3.67. The number of hydrogen-bond donors (Lipinski definition) is 1. The fraction of sp³-hybridized carbons (Fsp3) is 0.455. The van der Waals surface area contributed by atoms with Crippen LogP contribution in [-0.2, 0) is 27.1 Å². The van der Waals surface area contributed by atoms with Gasteiger partial charge in [-0.3, -0.25) is 9.59 Å². The molecular weight excluding hydrogens is 452 g/mol. The third kappa shape index (κ3) is 5.18. The van der Waals surface area contributed by atoms with Crippen molar-refractivity contribution in [2.45, 2.75) is 39.5 Å². The topological polar surface area (TPSA) is 102 Å². The fourth-order valence-corrected chi connectivity index (χ4v) is 5.79. The first kappa shape index (κ1) is 23.9. The highest BCUT2D eigenvalue weighted by Crippen LogP contribution is 2.34. The van der Waals surface area contributed by atoms with Crippen molar-refractivity contribution in [3.8, 4) is 0 Å². The van der Waals surface area contributed by atoms with Crippen LogP contribution in [0.1, 0.15) is 65.5 Å². The first-order valence-corrected chi connectivity index (χ1v) is 12.0. The Morgan fingerprint density at radius 2 is 1.78 bits per heavy atom. The van der Waals surface area contributed by atoms with Gasteiger partial charge in [-0.25, -0.2) is 9.59 Å². The number of ether oxygens (including phenoxy) is 2. The average molecular weight is 479 g/mol. The van der Waals surface area contributed by atoms with Gasteiger partial charge in [0, 0.05) is 19.0 Å². The molecule has 0 spiro atoms. The van der Waals surface area contributed by atoms with E-state index in [1.807, 2.05) is 6.07 Å². The number of hydrogen-bond acceptors (Lipinski definition) is 8. The number of aryl methyl sites for hydroxylation is 2. The van der Waals surface area contributed by atoms with Crippen LogP contribution in [0, 0.1) is 6.92 Å². The minimum Gasteiger partial charge on any atom is -0.462 e. The number of carbonyl (C=O) groups is 4. The summed E-state index contributed by atoms with van der Waals surface area (Å²) in [6, 6.07) is 1.85. The summed E-state index contributed by atoms with van der Waals surface area (Å²) < 4.78 is 10.3. The monoisotopic (exact) mass is 478 g/mol. The van der Waals surface area contributed by atoms with E-state index in [0.717, 1.165) is 37.0 Å². The molecule has 172 valence electrons. The molecule has 8 nitrogen and oxygen atoms in total. The molecule has 2 aromatic rings. The summed E-state index contributed by atoms with van der Waals surface area (Å²) in [5.74, 6) is -2.06. The lowest BCUT2D eigenvalue weighted by molar-refractivity contribution is -0.119. The molecule has 0 aromatic carbocycles. The highest BCUT2D eigenvalue weighted by atomic mass is 32.1. The molecule has 2 heterocycles. The molecule has 1 aliphatic carbocycles. The van der Waals surface area contributed by atoms with Gasteiger partial charge in [0.15, 0.2) is 6.61 Å². The Balaban J connectivity index is 1.71. The molecule has 10 heteroatoms. The Bertz CT molecular complexity index is 1030. The van der Waals surface area contributed by atoms with Gasteiger partial charge in [0.25, 0.3) is 11.8 Å². The Morgan fingerprint density at radius 1 is 1.06 bits per heavy atom. The third-order valence-electron chi connectivity index (χ3n) is 5.01. The van der Waals surface area contributed by atoms with Crippen LogP contribution in [0.2, 0.25) is 0 Å². The van der Waals surface area contributed by atoms with E-state index < -0.39 is 24.5 Å². The number of thiophene rings is 2. The first-order chi connectivity index (χ1) is 15.2. The van der Waals surface area contributed by atoms with E-state index in [-0.39, 0.29) is 23.1 Å². The molecule has 2 amide bonds. The van der Waals surface area contributed by atoms with Gasteiger partial charge in [0.05, 0.1) is 17.0 Å². The molecule has 0 saturated heterocycles. The molecular formula is C22H26N2O6S2. The first-order valence-electron chi connectivity index (χ1n) is 10.3. The van der Waals surface area contributed by atoms with E-state index in [1.165, 1.54) is 26.7 Å². The van der Waals surface area contributed by atoms with Crippen molar-refractivity contribution >= 4 is 51.4 Å². The number of fused-ring (bicyclic) bond motifs is 1. The molecule has 0 aliphatic heterocycles. The number of amides is 2. The minimum atomic E-state index is -0.629. The fourth-order valence-electron chi connectivity index (χ4n) is 3.41. The van der Waals surface area contributed by atoms with E-state index in [1.54, 1.807) is 27.9 Å². The lowest BCUT2D eigenvalue weighted by atomic mass is 9.99. The van der Waals surface area contributed by atoms with E-state index >= 15 is 0 Å². The zero-order valence-corrected chi connectivity index (χ0v) is 20.2. The molecule has 0 atom stereocenters. The lowest BCUT2D eigenvalue weighted by Crippen LogP contribution is -2.21. The van der Waals surface area contributed by atoms with Gasteiger partial charge in [0.1, 0.15) is 9.88 Å². The molecule has 3 rings (SSSR count). The van der Waals surface area contributed by atoms with Gasteiger partial charge in [-0.05, 0) is 56.7 Å². The van der Waals surface area contributed by atoms with Crippen molar-refractivity contribution < 1.29 is 28.7 Å². The van der Waals surface area contributed by atoms with Crippen LogP contribution in [-0.4, -0.2) is 56.0 Å². The average Bonchev–Trinajstić information content (AvgIpc) is 3.32. The van der Waals surface area contributed by atoms with Crippen LogP contribution in [0.4, 0.5) is 5.00 Å². The third-order valence-corrected chi connectivity index (χ3v) is 7.42. The van der Waals surface area contributed by atoms with Crippen molar-refractivity contribution in [3.63, 3.8) is 0 Å². The van der Waals surface area contributed by atoms with Gasteiger partial charge in [-0.15, -0.1) is 22.7 Å². The van der Waals surface area contributed by atoms with Crippen LogP contribution in [0.25, 0.3) is 0 Å². The van der Waals surface area contributed by atoms with Crippen molar-refractivity contribution in [1.29, 1.82) is 0 Å². The summed E-state index contributed by atoms with van der Waals surface area (Å²) in [7, 11) is 3.21. The van der Waals surface area contributed by atoms with E-state index in [4.69, 9.17) is 9.47 Å². The largest absolute Gasteiger partial charge is 0.462 e. The summed E-state index contributed by atoms with van der Waals surface area (Å²) in [6.07, 6.45) is 4.16. The van der Waals surface area contributed by atoms with Crippen LogP contribution in [0.5, 0.6) is 0 Å². The maximum atomic E-state index is 12.5. The predicted molar refractivity (Wildman–Crippen MR) is 123 cm³/mol. The quantitative estimate of drug-likeness (QED) is 0.609. The summed E-state index contributed by atoms with van der Waals surface area (Å²) in [4.78, 5) is 53.2. The zero-order chi connectivity index (χ0) is 23.4. The van der Waals surface area contributed by atoms with E-state index in [0.29, 0.717) is 15.3 Å². The SMILES string of the molecule is CCOC(=O)c1c(NC(=O)COC(=O)c2cc3c(s2)CCCC3)sc(C(=O)N(C)C)c1C. The number of anilines is 1. The molecule has 0 fully saturated rings. The summed E-state index contributed by atoms with van der Waals surface area (Å²) in [5.41, 5.74) is 1.75. The second kappa shape index (κ2) is 10.3. The normalized spacial score (nSPS) is 12.6. The second-order valence-corrected chi connectivity index (χ2v) is 9.73. The standard InChI is InChI=1S/C22H26N2O6S2/c1-5-29-22(28)17-12(2)18(20(26)24(3)4)32-19(17)23-16(25)11-30-21(27)15-10-13-8-6-7-9-14(13)31-15/h10H,5-9,11H2,1-4H3,(H,23,25). The summed E-state index contributed by atoms with van der Waals surface area (Å²) in [6.45, 7) is 2.96. The van der Waals surface area contributed by atoms with Crippen molar-refractivity contribution in [2.75, 3.05) is 32.6 Å². The number of esters is 2. The Hall–Kier alpha value is -2.72. The van der Waals surface area contributed by atoms with Crippen LogP contribution < -0.4 is 5.32 Å². The van der Waals surface area contributed by atoms with E-state index in [9.17, 15) is 19.2 Å². The van der Waals surface area contributed by atoms with Gasteiger partial charge in [0.2, 0.25) is 0 Å². The van der Waals surface area contributed by atoms with Crippen molar-refractivity contribution in [2.24, 2.45) is 0 Å². The van der Waals surface area contributed by atoms with Gasteiger partial charge >= 0.3 is 11.9 Å². The number of nitrogens with zero attached hydrogens (tertiary/aromatic N) is 1. The maximum absolute atomic E-state index is 12.5. The maximum Gasteiger partial charge on any atom is 0.348 e. The lowest BCUT2D eigenvalue weighted by Gasteiger charge is -2.09. The van der Waals surface area contributed by atoms with Gasteiger partial charge < -0.3 is 19.7 Å². The molecule has 1 aliphatic rings. The van der Waals surface area contributed by atoms with Gasteiger partial charge in [-0.1, -0.05) is 0 Å². The van der Waals surface area contributed by atoms with E-state index in [2.05, 4.69) is 5.32 Å². The summed E-state index contributed by atoms with van der Waals surface area (Å²) >= 11 is 2.41. The molecule has 2 aromatic heterocycles. The molecule has 32 heavy (non-hydrogen) atoms.